The van der Waals surface area contributed by atoms with Crippen LogP contribution in [0.25, 0.3) is 0 Å². The van der Waals surface area contributed by atoms with E-state index in [-0.39, 0.29) is 0 Å². The fraction of sp³-hybridized carbons (Fsp3) is 0.600. The van der Waals surface area contributed by atoms with Crippen LogP contribution in [-0.4, -0.2) is 27.4 Å². The topological polar surface area (TPSA) is 42.7 Å². The largest absolute Gasteiger partial charge is 0.307 e. The lowest BCUT2D eigenvalue weighted by atomic mass is 10.2. The minimum absolute atomic E-state index is 0.387. The molecule has 2 heterocycles. The highest BCUT2D eigenvalue weighted by Crippen LogP contribution is 2.09. The molecule has 14 heavy (non-hydrogen) atoms. The molecule has 2 rings (SSSR count). The maximum atomic E-state index is 4.28. The van der Waals surface area contributed by atoms with Gasteiger partial charge in [0.05, 0.1) is 0 Å². The zero-order valence-electron chi connectivity index (χ0n) is 8.64. The molecule has 0 saturated carbocycles. The van der Waals surface area contributed by atoms with Gasteiger partial charge in [-0.3, -0.25) is 0 Å². The summed E-state index contributed by atoms with van der Waals surface area (Å²) in [4.78, 5) is 4.28. The molecule has 1 aliphatic heterocycles. The molecular weight excluding hydrogens is 176 g/mol. The summed E-state index contributed by atoms with van der Waals surface area (Å²) in [5, 5.41) is 7.58. The Morgan fingerprint density at radius 1 is 1.64 bits per heavy atom. The third kappa shape index (κ3) is 1.85. The predicted octanol–water partition coefficient (Wildman–Crippen LogP) is 0.929. The Morgan fingerprint density at radius 3 is 3.14 bits per heavy atom. The van der Waals surface area contributed by atoms with Crippen molar-refractivity contribution in [1.82, 2.24) is 20.1 Å². The first-order chi connectivity index (χ1) is 6.77. The molecule has 0 aliphatic carbocycles. The van der Waals surface area contributed by atoms with Crippen LogP contribution in [0.5, 0.6) is 0 Å². The van der Waals surface area contributed by atoms with E-state index in [4.69, 9.17) is 0 Å². The van der Waals surface area contributed by atoms with Gasteiger partial charge in [0.2, 0.25) is 0 Å². The first-order valence-corrected chi connectivity index (χ1v) is 5.06. The van der Waals surface area contributed by atoms with E-state index < -0.39 is 0 Å². The fourth-order valence-electron chi connectivity index (χ4n) is 1.71. The van der Waals surface area contributed by atoms with E-state index in [0.29, 0.717) is 12.1 Å². The molecule has 1 atom stereocenters. The van der Waals surface area contributed by atoms with E-state index in [2.05, 4.69) is 41.4 Å². The summed E-state index contributed by atoms with van der Waals surface area (Å²) >= 11 is 0. The van der Waals surface area contributed by atoms with Gasteiger partial charge in [-0.05, 0) is 13.8 Å². The van der Waals surface area contributed by atoms with Gasteiger partial charge in [0.25, 0.3) is 0 Å². The van der Waals surface area contributed by atoms with Crippen LogP contribution >= 0.6 is 0 Å². The molecule has 1 N–H and O–H groups in total. The maximum Gasteiger partial charge on any atom is 0.138 e. The lowest BCUT2D eigenvalue weighted by Gasteiger charge is -2.12. The number of hydrogen-bond donors (Lipinski definition) is 1. The Balaban J connectivity index is 2.08. The van der Waals surface area contributed by atoms with Gasteiger partial charge in [-0.2, -0.15) is 5.10 Å². The summed E-state index contributed by atoms with van der Waals surface area (Å²) in [6, 6.07) is 0.814. The molecule has 1 aromatic heterocycles. The number of nitrogens with one attached hydrogen (secondary N) is 1. The third-order valence-electron chi connectivity index (χ3n) is 2.41. The Labute approximate surface area is 84.0 Å². The van der Waals surface area contributed by atoms with E-state index in [0.717, 1.165) is 18.8 Å². The minimum Gasteiger partial charge on any atom is -0.307 e. The van der Waals surface area contributed by atoms with E-state index >= 15 is 0 Å². The number of hydrogen-bond acceptors (Lipinski definition) is 3. The molecule has 0 bridgehead atoms. The minimum atomic E-state index is 0.387. The predicted molar refractivity (Wildman–Crippen MR) is 55.0 cm³/mol. The van der Waals surface area contributed by atoms with Crippen LogP contribution in [-0.2, 0) is 6.42 Å². The molecule has 0 saturated heterocycles. The fourth-order valence-corrected chi connectivity index (χ4v) is 1.71. The normalized spacial score (nSPS) is 20.9. The first kappa shape index (κ1) is 9.40. The molecule has 76 valence electrons. The summed E-state index contributed by atoms with van der Waals surface area (Å²) < 4.78 is 1.98. The van der Waals surface area contributed by atoms with Crippen LogP contribution in [0.1, 0.15) is 25.7 Å². The second-order valence-corrected chi connectivity index (χ2v) is 3.86. The van der Waals surface area contributed by atoms with Crippen molar-refractivity contribution >= 4 is 0 Å². The summed E-state index contributed by atoms with van der Waals surface area (Å²) in [6.07, 6.45) is 6.91. The molecule has 1 unspecified atom stereocenters. The maximum absolute atomic E-state index is 4.28. The lowest BCUT2D eigenvalue weighted by Crippen LogP contribution is -2.26. The van der Waals surface area contributed by atoms with Gasteiger partial charge in [0.15, 0.2) is 0 Å². The molecule has 0 spiro atoms. The van der Waals surface area contributed by atoms with Crippen LogP contribution in [0.3, 0.4) is 0 Å². The van der Waals surface area contributed by atoms with Crippen molar-refractivity contribution in [2.75, 3.05) is 6.54 Å². The van der Waals surface area contributed by atoms with Gasteiger partial charge >= 0.3 is 0 Å². The van der Waals surface area contributed by atoms with Crippen LogP contribution in [0.4, 0.5) is 0 Å². The summed E-state index contributed by atoms with van der Waals surface area (Å²) in [7, 11) is 0. The monoisotopic (exact) mass is 192 g/mol. The first-order valence-electron chi connectivity index (χ1n) is 5.06. The molecule has 1 aliphatic rings. The Kier molecular flexibility index (Phi) is 2.63. The number of rotatable bonds is 3. The van der Waals surface area contributed by atoms with Gasteiger partial charge < -0.3 is 5.32 Å². The number of aromatic nitrogens is 3. The average Bonchev–Trinajstić information content (AvgIpc) is 2.75. The molecule has 4 nitrogen and oxygen atoms in total. The highest BCUT2D eigenvalue weighted by atomic mass is 15.3. The standard InChI is InChI=1S/C10H16N4/c1-8(2)14-10(12-7-13-14)6-9-4-3-5-11-9/h3-4,7-9,11H,5-6H2,1-2H3. The van der Waals surface area contributed by atoms with E-state index in [1.54, 1.807) is 6.33 Å². The third-order valence-corrected chi connectivity index (χ3v) is 2.41. The van der Waals surface area contributed by atoms with Crippen LogP contribution in [0, 0.1) is 0 Å². The zero-order valence-corrected chi connectivity index (χ0v) is 8.64. The SMILES string of the molecule is CC(C)n1ncnc1CC1C=CCN1. The molecule has 1 aromatic rings. The van der Waals surface area contributed by atoms with Crippen molar-refractivity contribution in [2.45, 2.75) is 32.4 Å². The van der Waals surface area contributed by atoms with Crippen molar-refractivity contribution in [2.24, 2.45) is 0 Å². The molecule has 4 heteroatoms. The van der Waals surface area contributed by atoms with Gasteiger partial charge in [-0.25, -0.2) is 9.67 Å². The highest BCUT2D eigenvalue weighted by molar-refractivity contribution is 5.06. The summed E-state index contributed by atoms with van der Waals surface area (Å²) in [6.45, 7) is 5.21. The van der Waals surface area contributed by atoms with Gasteiger partial charge in [-0.15, -0.1) is 0 Å². The van der Waals surface area contributed by atoms with E-state index in [1.807, 2.05) is 4.68 Å². The van der Waals surface area contributed by atoms with Gasteiger partial charge in [0, 0.05) is 25.0 Å². The summed E-state index contributed by atoms with van der Waals surface area (Å²) in [5.74, 6) is 1.06. The zero-order chi connectivity index (χ0) is 9.97. The lowest BCUT2D eigenvalue weighted by molar-refractivity contribution is 0.492. The van der Waals surface area contributed by atoms with E-state index in [1.165, 1.54) is 0 Å². The van der Waals surface area contributed by atoms with Crippen LogP contribution in [0.2, 0.25) is 0 Å². The molecule has 0 amide bonds. The summed E-state index contributed by atoms with van der Waals surface area (Å²) in [5.41, 5.74) is 0. The van der Waals surface area contributed by atoms with Crippen LogP contribution in [0.15, 0.2) is 18.5 Å². The smallest absolute Gasteiger partial charge is 0.138 e. The quantitative estimate of drug-likeness (QED) is 0.724. The molecule has 0 aromatic carbocycles. The van der Waals surface area contributed by atoms with Crippen molar-refractivity contribution in [3.05, 3.63) is 24.3 Å². The van der Waals surface area contributed by atoms with Gasteiger partial charge in [-0.1, -0.05) is 12.2 Å². The van der Waals surface area contributed by atoms with Crippen molar-refractivity contribution in [3.63, 3.8) is 0 Å². The second-order valence-electron chi connectivity index (χ2n) is 3.86. The van der Waals surface area contributed by atoms with Crippen molar-refractivity contribution < 1.29 is 0 Å². The molecule has 0 fully saturated rings. The van der Waals surface area contributed by atoms with Crippen LogP contribution < -0.4 is 5.32 Å². The van der Waals surface area contributed by atoms with Crippen molar-refractivity contribution in [1.29, 1.82) is 0 Å². The Hall–Kier alpha value is -1.16. The second kappa shape index (κ2) is 3.92. The highest BCUT2D eigenvalue weighted by Gasteiger charge is 2.14. The molecular formula is C10H16N4. The number of nitrogens with zero attached hydrogens (tertiary/aromatic N) is 3. The Bertz CT molecular complexity index is 327. The van der Waals surface area contributed by atoms with Crippen molar-refractivity contribution in [3.8, 4) is 0 Å². The van der Waals surface area contributed by atoms with E-state index in [9.17, 15) is 0 Å². The van der Waals surface area contributed by atoms with Gasteiger partial charge in [0.1, 0.15) is 12.2 Å². The molecule has 0 radical (unpaired) electrons. The average molecular weight is 192 g/mol. The Morgan fingerprint density at radius 2 is 2.50 bits per heavy atom.